The van der Waals surface area contributed by atoms with Crippen molar-refractivity contribution in [1.82, 2.24) is 20.2 Å². The van der Waals surface area contributed by atoms with E-state index in [1.807, 2.05) is 0 Å². The SMILES string of the molecule is CC1CCCC(NC(=O)CN2CCN(c3cc(N4CCCCC4)ncn3)CC2)C1. The molecule has 1 amide bonds. The van der Waals surface area contributed by atoms with Crippen LogP contribution in [-0.2, 0) is 4.79 Å². The Labute approximate surface area is 174 Å². The molecule has 7 nitrogen and oxygen atoms in total. The second-order valence-corrected chi connectivity index (χ2v) is 9.08. The minimum Gasteiger partial charge on any atom is -0.356 e. The first-order valence-electron chi connectivity index (χ1n) is 11.5. The molecular formula is C22H36N6O. The molecule has 0 aromatic carbocycles. The van der Waals surface area contributed by atoms with E-state index in [9.17, 15) is 4.79 Å². The van der Waals surface area contributed by atoms with E-state index in [4.69, 9.17) is 0 Å². The van der Waals surface area contributed by atoms with E-state index < -0.39 is 0 Å². The number of aromatic nitrogens is 2. The van der Waals surface area contributed by atoms with Crippen molar-refractivity contribution in [2.75, 3.05) is 55.6 Å². The summed E-state index contributed by atoms with van der Waals surface area (Å²) in [6.07, 6.45) is 10.3. The Morgan fingerprint density at radius 1 is 0.966 bits per heavy atom. The monoisotopic (exact) mass is 400 g/mol. The van der Waals surface area contributed by atoms with Gasteiger partial charge in [-0.15, -0.1) is 0 Å². The Morgan fingerprint density at radius 3 is 2.34 bits per heavy atom. The number of carbonyl (C=O) groups excluding carboxylic acids is 1. The van der Waals surface area contributed by atoms with E-state index in [1.165, 1.54) is 32.1 Å². The maximum absolute atomic E-state index is 12.5. The summed E-state index contributed by atoms with van der Waals surface area (Å²) in [5, 5.41) is 3.26. The van der Waals surface area contributed by atoms with Crippen LogP contribution >= 0.6 is 0 Å². The zero-order chi connectivity index (χ0) is 20.1. The summed E-state index contributed by atoms with van der Waals surface area (Å²) >= 11 is 0. The highest BCUT2D eigenvalue weighted by atomic mass is 16.2. The molecule has 4 rings (SSSR count). The molecule has 2 aliphatic heterocycles. The van der Waals surface area contributed by atoms with E-state index in [1.54, 1.807) is 6.33 Å². The van der Waals surface area contributed by atoms with Crippen LogP contribution in [0.4, 0.5) is 11.6 Å². The van der Waals surface area contributed by atoms with Gasteiger partial charge < -0.3 is 15.1 Å². The highest BCUT2D eigenvalue weighted by molar-refractivity contribution is 5.78. The zero-order valence-corrected chi connectivity index (χ0v) is 17.9. The maximum Gasteiger partial charge on any atom is 0.234 e. The van der Waals surface area contributed by atoms with Crippen LogP contribution in [0.15, 0.2) is 12.4 Å². The fourth-order valence-electron chi connectivity index (χ4n) is 4.98. The fourth-order valence-corrected chi connectivity index (χ4v) is 4.98. The minimum absolute atomic E-state index is 0.187. The van der Waals surface area contributed by atoms with Gasteiger partial charge in [0.15, 0.2) is 0 Å². The standard InChI is InChI=1S/C22H36N6O/c1-18-6-5-7-19(14-18)25-22(29)16-26-10-12-28(13-11-26)21-15-20(23-17-24-21)27-8-3-2-4-9-27/h15,17-19H,2-14,16H2,1H3,(H,25,29). The molecule has 3 aliphatic rings. The van der Waals surface area contributed by atoms with Gasteiger partial charge in [0.25, 0.3) is 0 Å². The minimum atomic E-state index is 0.187. The molecule has 1 aromatic rings. The molecule has 1 N–H and O–H groups in total. The molecule has 2 saturated heterocycles. The molecule has 29 heavy (non-hydrogen) atoms. The predicted molar refractivity (Wildman–Crippen MR) is 116 cm³/mol. The van der Waals surface area contributed by atoms with Crippen LogP contribution in [0, 0.1) is 5.92 Å². The predicted octanol–water partition coefficient (Wildman–Crippen LogP) is 2.28. The van der Waals surface area contributed by atoms with Crippen molar-refractivity contribution in [2.45, 2.75) is 57.9 Å². The van der Waals surface area contributed by atoms with Crippen LogP contribution in [-0.4, -0.2) is 72.6 Å². The van der Waals surface area contributed by atoms with Gasteiger partial charge >= 0.3 is 0 Å². The number of amides is 1. The number of nitrogens with zero attached hydrogens (tertiary/aromatic N) is 5. The lowest BCUT2D eigenvalue weighted by molar-refractivity contribution is -0.123. The summed E-state index contributed by atoms with van der Waals surface area (Å²) in [5.74, 6) is 2.99. The third kappa shape index (κ3) is 5.59. The summed E-state index contributed by atoms with van der Waals surface area (Å²) in [4.78, 5) is 28.5. The van der Waals surface area contributed by atoms with Crippen molar-refractivity contribution in [3.63, 3.8) is 0 Å². The van der Waals surface area contributed by atoms with Crippen molar-refractivity contribution in [2.24, 2.45) is 5.92 Å². The van der Waals surface area contributed by atoms with Gasteiger partial charge in [-0.3, -0.25) is 9.69 Å². The first-order chi connectivity index (χ1) is 14.2. The first kappa shape index (κ1) is 20.4. The number of hydrogen-bond donors (Lipinski definition) is 1. The molecule has 2 atom stereocenters. The van der Waals surface area contributed by atoms with Gasteiger partial charge in [0.1, 0.15) is 18.0 Å². The Morgan fingerprint density at radius 2 is 1.66 bits per heavy atom. The van der Waals surface area contributed by atoms with Gasteiger partial charge in [-0.25, -0.2) is 9.97 Å². The fraction of sp³-hybridized carbons (Fsp3) is 0.773. The molecule has 3 heterocycles. The van der Waals surface area contributed by atoms with E-state index in [0.29, 0.717) is 12.6 Å². The lowest BCUT2D eigenvalue weighted by atomic mass is 9.87. The van der Waals surface area contributed by atoms with E-state index in [0.717, 1.165) is 69.7 Å². The molecule has 3 fully saturated rings. The molecule has 160 valence electrons. The van der Waals surface area contributed by atoms with Crippen molar-refractivity contribution >= 4 is 17.5 Å². The topological polar surface area (TPSA) is 64.6 Å². The summed E-state index contributed by atoms with van der Waals surface area (Å²) in [7, 11) is 0. The van der Waals surface area contributed by atoms with E-state index in [-0.39, 0.29) is 5.91 Å². The van der Waals surface area contributed by atoms with Gasteiger partial charge in [0.2, 0.25) is 5.91 Å². The normalized spacial score (nSPS) is 26.4. The van der Waals surface area contributed by atoms with Crippen LogP contribution in [0.5, 0.6) is 0 Å². The van der Waals surface area contributed by atoms with Crippen molar-refractivity contribution < 1.29 is 4.79 Å². The average Bonchev–Trinajstić information content (AvgIpc) is 2.75. The van der Waals surface area contributed by atoms with E-state index >= 15 is 0 Å². The molecule has 7 heteroatoms. The largest absolute Gasteiger partial charge is 0.356 e. The number of hydrogen-bond acceptors (Lipinski definition) is 6. The average molecular weight is 401 g/mol. The van der Waals surface area contributed by atoms with Crippen LogP contribution in [0.3, 0.4) is 0 Å². The van der Waals surface area contributed by atoms with Crippen LogP contribution < -0.4 is 15.1 Å². The van der Waals surface area contributed by atoms with E-state index in [2.05, 4.69) is 43.0 Å². The summed E-state index contributed by atoms with van der Waals surface area (Å²) in [5.41, 5.74) is 0. The van der Waals surface area contributed by atoms with Gasteiger partial charge in [0, 0.05) is 51.4 Å². The number of carbonyl (C=O) groups is 1. The Hall–Kier alpha value is -1.89. The van der Waals surface area contributed by atoms with Gasteiger partial charge in [-0.2, -0.15) is 0 Å². The third-order valence-electron chi connectivity index (χ3n) is 6.68. The zero-order valence-electron chi connectivity index (χ0n) is 17.9. The van der Waals surface area contributed by atoms with Gasteiger partial charge in [0.05, 0.1) is 6.54 Å². The lowest BCUT2D eigenvalue weighted by Crippen LogP contribution is -2.51. The molecule has 1 saturated carbocycles. The Balaban J connectivity index is 1.24. The molecule has 1 aliphatic carbocycles. The number of piperidine rings is 1. The molecule has 2 unspecified atom stereocenters. The summed E-state index contributed by atoms with van der Waals surface area (Å²) in [6, 6.07) is 2.51. The van der Waals surface area contributed by atoms with Crippen molar-refractivity contribution in [3.8, 4) is 0 Å². The van der Waals surface area contributed by atoms with Crippen LogP contribution in [0.2, 0.25) is 0 Å². The maximum atomic E-state index is 12.5. The smallest absolute Gasteiger partial charge is 0.234 e. The lowest BCUT2D eigenvalue weighted by Gasteiger charge is -2.36. The number of anilines is 2. The van der Waals surface area contributed by atoms with Gasteiger partial charge in [-0.1, -0.05) is 19.8 Å². The number of rotatable bonds is 5. The Bertz CT molecular complexity index is 669. The second kappa shape index (κ2) is 9.74. The molecule has 0 spiro atoms. The molecule has 1 aromatic heterocycles. The highest BCUT2D eigenvalue weighted by Gasteiger charge is 2.24. The molecule has 0 radical (unpaired) electrons. The second-order valence-electron chi connectivity index (χ2n) is 9.08. The molecule has 0 bridgehead atoms. The number of nitrogens with one attached hydrogen (secondary N) is 1. The Kier molecular flexibility index (Phi) is 6.85. The third-order valence-corrected chi connectivity index (χ3v) is 6.68. The summed E-state index contributed by atoms with van der Waals surface area (Å²) < 4.78 is 0. The van der Waals surface area contributed by atoms with Crippen LogP contribution in [0.25, 0.3) is 0 Å². The molecular weight excluding hydrogens is 364 g/mol. The van der Waals surface area contributed by atoms with Crippen molar-refractivity contribution in [1.29, 1.82) is 0 Å². The number of piperazine rings is 1. The summed E-state index contributed by atoms with van der Waals surface area (Å²) in [6.45, 7) is 8.62. The highest BCUT2D eigenvalue weighted by Crippen LogP contribution is 2.24. The first-order valence-corrected chi connectivity index (χ1v) is 11.5. The quantitative estimate of drug-likeness (QED) is 0.818. The van der Waals surface area contributed by atoms with Crippen LogP contribution in [0.1, 0.15) is 51.9 Å². The van der Waals surface area contributed by atoms with Gasteiger partial charge in [-0.05, 0) is 38.0 Å². The van der Waals surface area contributed by atoms with Crippen molar-refractivity contribution in [3.05, 3.63) is 12.4 Å².